The van der Waals surface area contributed by atoms with Crippen LogP contribution in [0.4, 0.5) is 0 Å². The van der Waals surface area contributed by atoms with Crippen LogP contribution in [0.1, 0.15) is 41.5 Å². The van der Waals surface area contributed by atoms with E-state index in [0.29, 0.717) is 13.2 Å². The Kier molecular flexibility index (Phi) is 9.58. The summed E-state index contributed by atoms with van der Waals surface area (Å²) in [6.07, 6.45) is -6.03. The van der Waals surface area contributed by atoms with E-state index in [9.17, 15) is 19.2 Å². The van der Waals surface area contributed by atoms with Gasteiger partial charge in [-0.15, -0.1) is 0 Å². The highest BCUT2D eigenvalue weighted by atomic mass is 16.7. The van der Waals surface area contributed by atoms with Crippen LogP contribution in [-0.4, -0.2) is 86.8 Å². The molecule has 12 nitrogen and oxygen atoms in total. The van der Waals surface area contributed by atoms with Crippen molar-refractivity contribution >= 4 is 23.9 Å². The van der Waals surface area contributed by atoms with Gasteiger partial charge in [-0.2, -0.15) is 0 Å². The molecular formula is C21H32O12. The van der Waals surface area contributed by atoms with E-state index >= 15 is 0 Å². The van der Waals surface area contributed by atoms with Crippen LogP contribution in [0.25, 0.3) is 0 Å². The van der Waals surface area contributed by atoms with Gasteiger partial charge in [0.25, 0.3) is 0 Å². The minimum Gasteiger partial charge on any atom is -0.463 e. The molecule has 0 bridgehead atoms. The van der Waals surface area contributed by atoms with Crippen LogP contribution >= 0.6 is 0 Å². The van der Waals surface area contributed by atoms with E-state index in [1.165, 1.54) is 13.8 Å². The van der Waals surface area contributed by atoms with Crippen LogP contribution in [0, 0.1) is 5.92 Å². The maximum absolute atomic E-state index is 11.8. The summed E-state index contributed by atoms with van der Waals surface area (Å²) in [6, 6.07) is 0. The molecule has 0 saturated carbocycles. The Morgan fingerprint density at radius 2 is 1.27 bits per heavy atom. The molecule has 0 aliphatic carbocycles. The molecule has 0 aromatic carbocycles. The quantitative estimate of drug-likeness (QED) is 0.355. The van der Waals surface area contributed by atoms with Crippen LogP contribution in [0.2, 0.25) is 0 Å². The maximum Gasteiger partial charge on any atom is 0.303 e. The topological polar surface area (TPSA) is 142 Å². The van der Waals surface area contributed by atoms with E-state index in [1.807, 2.05) is 0 Å². The van der Waals surface area contributed by atoms with Gasteiger partial charge in [-0.1, -0.05) is 0 Å². The molecule has 2 heterocycles. The molecule has 2 saturated heterocycles. The Labute approximate surface area is 192 Å². The average Bonchev–Trinajstić information content (AvgIpc) is 2.68. The fourth-order valence-corrected chi connectivity index (χ4v) is 3.38. The van der Waals surface area contributed by atoms with Crippen LogP contribution in [0.15, 0.2) is 0 Å². The summed E-state index contributed by atoms with van der Waals surface area (Å²) in [4.78, 5) is 46.7. The van der Waals surface area contributed by atoms with Gasteiger partial charge in [0.15, 0.2) is 30.4 Å². The lowest BCUT2D eigenvalue weighted by Crippen LogP contribution is -2.63. The molecule has 188 valence electrons. The van der Waals surface area contributed by atoms with E-state index in [1.54, 1.807) is 13.8 Å². The lowest BCUT2D eigenvalue weighted by molar-refractivity contribution is -0.318. The molecule has 0 radical (unpaired) electrons. The molecule has 12 heteroatoms. The van der Waals surface area contributed by atoms with Gasteiger partial charge in [0.2, 0.25) is 0 Å². The smallest absolute Gasteiger partial charge is 0.303 e. The first-order valence-electron chi connectivity index (χ1n) is 10.6. The molecule has 2 aliphatic heterocycles. The summed E-state index contributed by atoms with van der Waals surface area (Å²) >= 11 is 0. The average molecular weight is 476 g/mol. The summed E-state index contributed by atoms with van der Waals surface area (Å²) in [7, 11) is 0. The zero-order valence-electron chi connectivity index (χ0n) is 19.7. The first-order valence-corrected chi connectivity index (χ1v) is 10.6. The summed E-state index contributed by atoms with van der Waals surface area (Å²) in [6.45, 7) is 8.77. The van der Waals surface area contributed by atoms with E-state index in [-0.39, 0.29) is 19.1 Å². The highest BCUT2D eigenvalue weighted by molar-refractivity contribution is 5.68. The third-order valence-corrected chi connectivity index (χ3v) is 4.78. The SMILES string of the molecule is CC(=O)OC[C@H]1OC(OCC2COC(C)(C)OC2)[C@H](OC(C)=O)[C@@H](OC(C)=O)[C@H]1OC(C)=O. The largest absolute Gasteiger partial charge is 0.463 e. The Morgan fingerprint density at radius 3 is 1.79 bits per heavy atom. The second-order valence-electron chi connectivity index (χ2n) is 8.29. The van der Waals surface area contributed by atoms with Gasteiger partial charge in [-0.3, -0.25) is 19.2 Å². The molecule has 1 unspecified atom stereocenters. The van der Waals surface area contributed by atoms with E-state index in [0.717, 1.165) is 13.8 Å². The highest BCUT2D eigenvalue weighted by Crippen LogP contribution is 2.31. The van der Waals surface area contributed by atoms with Gasteiger partial charge in [0, 0.05) is 33.6 Å². The molecule has 0 N–H and O–H groups in total. The predicted octanol–water partition coefficient (Wildman–Crippen LogP) is 0.485. The fraction of sp³-hybridized carbons (Fsp3) is 0.810. The van der Waals surface area contributed by atoms with Crippen LogP contribution in [0.3, 0.4) is 0 Å². The zero-order valence-corrected chi connectivity index (χ0v) is 19.7. The lowest BCUT2D eigenvalue weighted by Gasteiger charge is -2.44. The van der Waals surface area contributed by atoms with Crippen molar-refractivity contribution in [2.75, 3.05) is 26.4 Å². The minimum absolute atomic E-state index is 0.101. The van der Waals surface area contributed by atoms with Gasteiger partial charge >= 0.3 is 23.9 Å². The molecule has 5 atom stereocenters. The van der Waals surface area contributed by atoms with Crippen LogP contribution in [-0.2, 0) is 57.1 Å². The normalized spacial score (nSPS) is 29.6. The Morgan fingerprint density at radius 1 is 0.758 bits per heavy atom. The third kappa shape index (κ3) is 8.54. The summed E-state index contributed by atoms with van der Waals surface area (Å²) in [5.74, 6) is -3.55. The minimum atomic E-state index is -1.27. The van der Waals surface area contributed by atoms with E-state index < -0.39 is 60.4 Å². The second-order valence-corrected chi connectivity index (χ2v) is 8.29. The molecule has 2 fully saturated rings. The Balaban J connectivity index is 2.25. The number of esters is 4. The number of rotatable bonds is 8. The molecule has 0 aromatic heterocycles. The Hall–Kier alpha value is -2.28. The molecule has 33 heavy (non-hydrogen) atoms. The molecule has 0 amide bonds. The fourth-order valence-electron chi connectivity index (χ4n) is 3.38. The van der Waals surface area contributed by atoms with Gasteiger partial charge in [0.1, 0.15) is 12.7 Å². The van der Waals surface area contributed by atoms with E-state index in [4.69, 9.17) is 37.9 Å². The number of hydrogen-bond donors (Lipinski definition) is 0. The maximum atomic E-state index is 11.8. The Bertz CT molecular complexity index is 710. The lowest BCUT2D eigenvalue weighted by atomic mass is 9.98. The van der Waals surface area contributed by atoms with Crippen molar-refractivity contribution in [1.29, 1.82) is 0 Å². The first kappa shape index (κ1) is 27.0. The number of carbonyl (C=O) groups is 4. The van der Waals surface area contributed by atoms with E-state index in [2.05, 4.69) is 0 Å². The van der Waals surface area contributed by atoms with Gasteiger partial charge in [-0.05, 0) is 13.8 Å². The molecule has 2 rings (SSSR count). The first-order chi connectivity index (χ1) is 15.4. The zero-order chi connectivity index (χ0) is 24.8. The van der Waals surface area contributed by atoms with Gasteiger partial charge < -0.3 is 37.9 Å². The van der Waals surface area contributed by atoms with Crippen LogP contribution in [0.5, 0.6) is 0 Å². The van der Waals surface area contributed by atoms with Gasteiger partial charge in [-0.25, -0.2) is 0 Å². The van der Waals surface area contributed by atoms with Crippen molar-refractivity contribution in [3.63, 3.8) is 0 Å². The predicted molar refractivity (Wildman–Crippen MR) is 107 cm³/mol. The van der Waals surface area contributed by atoms with Crippen molar-refractivity contribution in [1.82, 2.24) is 0 Å². The standard InChI is InChI=1S/C21H32O12/c1-11(22)26-10-16-17(30-12(2)23)18(31-13(3)24)19(32-14(4)25)20(33-16)27-7-15-8-28-21(5,6)29-9-15/h15-20H,7-10H2,1-6H3/t16-,17+,18+,19-,20?/m1/s1. The third-order valence-electron chi connectivity index (χ3n) is 4.78. The molecule has 0 aromatic rings. The van der Waals surface area contributed by atoms with Crippen molar-refractivity contribution in [2.45, 2.75) is 78.0 Å². The van der Waals surface area contributed by atoms with Crippen molar-refractivity contribution in [3.8, 4) is 0 Å². The van der Waals surface area contributed by atoms with Crippen molar-refractivity contribution in [3.05, 3.63) is 0 Å². The number of ether oxygens (including phenoxy) is 8. The van der Waals surface area contributed by atoms with Crippen LogP contribution < -0.4 is 0 Å². The van der Waals surface area contributed by atoms with Crippen molar-refractivity contribution < 1.29 is 57.1 Å². The summed E-state index contributed by atoms with van der Waals surface area (Å²) in [5.41, 5.74) is 0. The summed E-state index contributed by atoms with van der Waals surface area (Å²) in [5, 5.41) is 0. The molecular weight excluding hydrogens is 444 g/mol. The highest BCUT2D eigenvalue weighted by Gasteiger charge is 2.53. The monoisotopic (exact) mass is 476 g/mol. The second kappa shape index (κ2) is 11.7. The van der Waals surface area contributed by atoms with Crippen molar-refractivity contribution in [2.24, 2.45) is 5.92 Å². The number of carbonyl (C=O) groups excluding carboxylic acids is 4. The summed E-state index contributed by atoms with van der Waals surface area (Å²) < 4.78 is 44.0. The molecule has 0 spiro atoms. The number of hydrogen-bond acceptors (Lipinski definition) is 12. The molecule has 2 aliphatic rings. The van der Waals surface area contributed by atoms with Gasteiger partial charge in [0.05, 0.1) is 19.8 Å².